The number of hydrogen-bond acceptors (Lipinski definition) is 6. The summed E-state index contributed by atoms with van der Waals surface area (Å²) in [5, 5.41) is 16.3. The van der Waals surface area contributed by atoms with Crippen molar-refractivity contribution in [1.82, 2.24) is 9.89 Å². The number of nitrogen functional groups attached to an aromatic ring is 1. The summed E-state index contributed by atoms with van der Waals surface area (Å²) in [5.41, 5.74) is 3.45. The summed E-state index contributed by atoms with van der Waals surface area (Å²) >= 11 is 0. The van der Waals surface area contributed by atoms with E-state index in [9.17, 15) is 5.26 Å². The van der Waals surface area contributed by atoms with Crippen LogP contribution in [0.3, 0.4) is 0 Å². The van der Waals surface area contributed by atoms with Crippen LogP contribution < -0.4 is 20.1 Å². The van der Waals surface area contributed by atoms with Gasteiger partial charge in [0, 0.05) is 17.1 Å². The van der Waals surface area contributed by atoms with E-state index >= 15 is 0 Å². The highest BCUT2D eigenvalue weighted by Gasteiger charge is 2.36. The van der Waals surface area contributed by atoms with Crippen molar-refractivity contribution in [2.24, 2.45) is 0 Å². The molecule has 0 amide bonds. The van der Waals surface area contributed by atoms with E-state index in [-0.39, 0.29) is 5.69 Å². The van der Waals surface area contributed by atoms with E-state index in [4.69, 9.17) is 20.1 Å². The monoisotopic (exact) mass is 424 g/mol. The molecular weight excluding hydrogens is 404 g/mol. The Kier molecular flexibility index (Phi) is 4.68. The van der Waals surface area contributed by atoms with Gasteiger partial charge in [-0.2, -0.15) is 10.1 Å². The Labute approximate surface area is 184 Å². The van der Waals surface area contributed by atoms with Crippen LogP contribution in [0.15, 0.2) is 66.9 Å². The maximum Gasteiger partial charge on any atom is 0.245 e. The van der Waals surface area contributed by atoms with Crippen LogP contribution in [-0.2, 0) is 0 Å². The van der Waals surface area contributed by atoms with Crippen molar-refractivity contribution >= 4 is 16.3 Å². The number of hydrogen-bond donors (Lipinski definition) is 1. The summed E-state index contributed by atoms with van der Waals surface area (Å²) in [5.74, 6) is 7.20. The predicted molar refractivity (Wildman–Crippen MR) is 121 cm³/mol. The van der Waals surface area contributed by atoms with Gasteiger partial charge in [0.15, 0.2) is 5.69 Å². The Hall–Kier alpha value is -4.44. The third-order valence-corrected chi connectivity index (χ3v) is 5.75. The third-order valence-electron chi connectivity index (χ3n) is 5.75. The molecule has 2 N–H and O–H groups in total. The molecule has 0 fully saturated rings. The molecule has 5 rings (SSSR count). The van der Waals surface area contributed by atoms with Gasteiger partial charge in [0.1, 0.15) is 17.6 Å². The Morgan fingerprint density at radius 3 is 2.59 bits per heavy atom. The van der Waals surface area contributed by atoms with Gasteiger partial charge < -0.3 is 20.1 Å². The molecule has 32 heavy (non-hydrogen) atoms. The number of benzene rings is 3. The second kappa shape index (κ2) is 7.67. The van der Waals surface area contributed by atoms with Gasteiger partial charge >= 0.3 is 0 Å². The lowest BCUT2D eigenvalue weighted by Crippen LogP contribution is -2.15. The molecule has 2 heterocycles. The highest BCUT2D eigenvalue weighted by atomic mass is 16.5. The van der Waals surface area contributed by atoms with E-state index in [0.717, 1.165) is 32.3 Å². The molecule has 7 nitrogen and oxygen atoms in total. The Bertz CT molecular complexity index is 1410. The molecule has 1 aromatic heterocycles. The molecule has 1 aliphatic heterocycles. The van der Waals surface area contributed by atoms with E-state index in [1.54, 1.807) is 20.5 Å². The lowest BCUT2D eigenvalue weighted by Gasteiger charge is -2.26. The number of nitrogens with zero attached hydrogens (tertiary/aromatic N) is 3. The minimum absolute atomic E-state index is 0.223. The standard InChI is InChI=1S/C25H20N4O3/c1-30-18-9-10-22(31-2)19(12-18)23-20(14-32-25-24(23)21(13-26)29(27)28-25)17-8-7-15-5-3-4-6-16(15)11-17/h3-12,14,23H,27H2,1-2H3/t23-/m0/s1. The van der Waals surface area contributed by atoms with Gasteiger partial charge in [0.25, 0.3) is 0 Å². The fourth-order valence-corrected chi connectivity index (χ4v) is 4.22. The van der Waals surface area contributed by atoms with Crippen molar-refractivity contribution in [3.63, 3.8) is 0 Å². The van der Waals surface area contributed by atoms with Gasteiger partial charge in [-0.1, -0.05) is 36.4 Å². The lowest BCUT2D eigenvalue weighted by atomic mass is 9.80. The number of fused-ring (bicyclic) bond motifs is 2. The molecule has 0 aliphatic carbocycles. The minimum Gasteiger partial charge on any atom is -0.497 e. The van der Waals surface area contributed by atoms with Crippen LogP contribution in [0.2, 0.25) is 0 Å². The van der Waals surface area contributed by atoms with Gasteiger partial charge in [-0.15, -0.1) is 5.10 Å². The van der Waals surface area contributed by atoms with Gasteiger partial charge in [0.2, 0.25) is 5.88 Å². The maximum atomic E-state index is 9.83. The summed E-state index contributed by atoms with van der Waals surface area (Å²) in [7, 11) is 3.22. The molecule has 1 aliphatic rings. The highest BCUT2D eigenvalue weighted by molar-refractivity contribution is 5.88. The number of rotatable bonds is 4. The molecule has 158 valence electrons. The first-order valence-electron chi connectivity index (χ1n) is 10.0. The van der Waals surface area contributed by atoms with Crippen LogP contribution in [0.1, 0.15) is 28.3 Å². The van der Waals surface area contributed by atoms with E-state index in [1.807, 2.05) is 36.4 Å². The zero-order chi connectivity index (χ0) is 22.2. The van der Waals surface area contributed by atoms with Crippen molar-refractivity contribution < 1.29 is 14.2 Å². The van der Waals surface area contributed by atoms with Crippen LogP contribution in [0.25, 0.3) is 16.3 Å². The summed E-state index contributed by atoms with van der Waals surface area (Å²) in [6.07, 6.45) is 1.67. The molecule has 7 heteroatoms. The molecule has 0 radical (unpaired) electrons. The van der Waals surface area contributed by atoms with E-state index < -0.39 is 5.92 Å². The topological polar surface area (TPSA) is 95.3 Å². The Morgan fingerprint density at radius 2 is 1.84 bits per heavy atom. The maximum absolute atomic E-state index is 9.83. The normalized spacial score (nSPS) is 14.8. The van der Waals surface area contributed by atoms with Crippen LogP contribution in [0.5, 0.6) is 17.4 Å². The molecule has 0 spiro atoms. The molecule has 0 bridgehead atoms. The third kappa shape index (κ3) is 3.01. The van der Waals surface area contributed by atoms with E-state index in [2.05, 4.69) is 35.4 Å². The SMILES string of the molecule is COc1ccc(OC)c([C@H]2C(c3ccc4ccccc4c3)=COc3nn(N)c(C#N)c32)c1. The average Bonchev–Trinajstić information content (AvgIpc) is 3.17. The molecular formula is C25H20N4O3. The number of aromatic nitrogens is 2. The molecule has 1 atom stereocenters. The van der Waals surface area contributed by atoms with Crippen molar-refractivity contribution in [2.75, 3.05) is 20.1 Å². The number of nitriles is 1. The fourth-order valence-electron chi connectivity index (χ4n) is 4.22. The largest absolute Gasteiger partial charge is 0.497 e. The minimum atomic E-state index is -0.406. The average molecular weight is 424 g/mol. The van der Waals surface area contributed by atoms with E-state index in [0.29, 0.717) is 22.9 Å². The number of methoxy groups -OCH3 is 2. The van der Waals surface area contributed by atoms with Crippen LogP contribution in [0.4, 0.5) is 0 Å². The summed E-state index contributed by atoms with van der Waals surface area (Å²) in [6.45, 7) is 0. The summed E-state index contributed by atoms with van der Waals surface area (Å²) in [4.78, 5) is 1.06. The summed E-state index contributed by atoms with van der Waals surface area (Å²) in [6, 6.07) is 22.1. The Morgan fingerprint density at radius 1 is 1.03 bits per heavy atom. The van der Waals surface area contributed by atoms with Crippen LogP contribution in [-0.4, -0.2) is 24.1 Å². The van der Waals surface area contributed by atoms with Crippen LogP contribution in [0, 0.1) is 11.3 Å². The second-order valence-electron chi connectivity index (χ2n) is 7.42. The number of nitrogens with two attached hydrogens (primary N) is 1. The molecule has 0 saturated heterocycles. The smallest absolute Gasteiger partial charge is 0.245 e. The van der Waals surface area contributed by atoms with Crippen molar-refractivity contribution in [3.8, 4) is 23.4 Å². The molecule has 3 aromatic carbocycles. The van der Waals surface area contributed by atoms with Gasteiger partial charge in [-0.05, 0) is 40.6 Å². The zero-order valence-electron chi connectivity index (χ0n) is 17.6. The zero-order valence-corrected chi connectivity index (χ0v) is 17.6. The van der Waals surface area contributed by atoms with Gasteiger partial charge in [-0.3, -0.25) is 0 Å². The van der Waals surface area contributed by atoms with Gasteiger partial charge in [-0.25, -0.2) is 0 Å². The second-order valence-corrected chi connectivity index (χ2v) is 7.42. The Balaban J connectivity index is 1.78. The van der Waals surface area contributed by atoms with Crippen molar-refractivity contribution in [1.29, 1.82) is 5.26 Å². The first-order chi connectivity index (χ1) is 15.6. The fraction of sp³-hybridized carbons (Fsp3) is 0.120. The van der Waals surface area contributed by atoms with Crippen LogP contribution >= 0.6 is 0 Å². The highest BCUT2D eigenvalue weighted by Crippen LogP contribution is 2.49. The molecule has 0 unspecified atom stereocenters. The summed E-state index contributed by atoms with van der Waals surface area (Å²) < 4.78 is 17.0. The number of allylic oxidation sites excluding steroid dienone is 1. The predicted octanol–water partition coefficient (Wildman–Crippen LogP) is 4.20. The number of ether oxygens (including phenoxy) is 3. The molecule has 0 saturated carbocycles. The first kappa shape index (κ1) is 19.5. The van der Waals surface area contributed by atoms with Crippen molar-refractivity contribution in [2.45, 2.75) is 5.92 Å². The quantitative estimate of drug-likeness (QED) is 0.493. The van der Waals surface area contributed by atoms with E-state index in [1.165, 1.54) is 0 Å². The van der Waals surface area contributed by atoms with Gasteiger partial charge in [0.05, 0.1) is 26.0 Å². The van der Waals surface area contributed by atoms with Crippen molar-refractivity contribution in [3.05, 3.63) is 89.3 Å². The molecule has 4 aromatic rings. The first-order valence-corrected chi connectivity index (χ1v) is 10.0. The lowest BCUT2D eigenvalue weighted by molar-refractivity contribution is 0.396.